The maximum atomic E-state index is 12.2. The molecule has 0 unspecified atom stereocenters. The third-order valence-electron chi connectivity index (χ3n) is 3.61. The van der Waals surface area contributed by atoms with Gasteiger partial charge in [-0.05, 0) is 30.3 Å². The summed E-state index contributed by atoms with van der Waals surface area (Å²) in [6.45, 7) is 4.23. The predicted molar refractivity (Wildman–Crippen MR) is 94.2 cm³/mol. The fourth-order valence-corrected chi connectivity index (χ4v) is 2.51. The van der Waals surface area contributed by atoms with Crippen molar-refractivity contribution in [1.29, 1.82) is 0 Å². The Hall–Kier alpha value is -2.40. The molecule has 0 saturated heterocycles. The van der Waals surface area contributed by atoms with Gasteiger partial charge in [0.15, 0.2) is 0 Å². The lowest BCUT2D eigenvalue weighted by Crippen LogP contribution is -2.11. The number of anilines is 1. The number of aryl methyl sites for hydroxylation is 1. The van der Waals surface area contributed by atoms with Crippen LogP contribution in [0.5, 0.6) is 0 Å². The SMILES string of the molecule is CC(C)c1nc2cc(NC(=O)c3cccnc3)ccc2n1C.Cl. The zero-order valence-corrected chi connectivity index (χ0v) is 14.1. The van der Waals surface area contributed by atoms with Gasteiger partial charge in [0.05, 0.1) is 16.6 Å². The number of amides is 1. The zero-order valence-electron chi connectivity index (χ0n) is 13.3. The molecule has 0 aliphatic carbocycles. The molecule has 3 rings (SSSR count). The van der Waals surface area contributed by atoms with Crippen LogP contribution in [0, 0.1) is 0 Å². The number of nitrogens with one attached hydrogen (secondary N) is 1. The summed E-state index contributed by atoms with van der Waals surface area (Å²) in [6.07, 6.45) is 3.19. The molecule has 0 atom stereocenters. The van der Waals surface area contributed by atoms with E-state index in [1.165, 1.54) is 0 Å². The molecule has 0 aliphatic rings. The van der Waals surface area contributed by atoms with Crippen LogP contribution >= 0.6 is 12.4 Å². The molecular weight excluding hydrogens is 312 g/mol. The molecule has 0 spiro atoms. The molecule has 1 aromatic carbocycles. The Kier molecular flexibility index (Phi) is 5.01. The van der Waals surface area contributed by atoms with Crippen molar-refractivity contribution in [3.8, 4) is 0 Å². The van der Waals surface area contributed by atoms with Crippen LogP contribution < -0.4 is 5.32 Å². The van der Waals surface area contributed by atoms with E-state index in [-0.39, 0.29) is 18.3 Å². The number of fused-ring (bicyclic) bond motifs is 1. The van der Waals surface area contributed by atoms with Crippen molar-refractivity contribution in [1.82, 2.24) is 14.5 Å². The number of carbonyl (C=O) groups is 1. The molecule has 23 heavy (non-hydrogen) atoms. The largest absolute Gasteiger partial charge is 0.331 e. The minimum absolute atomic E-state index is 0. The minimum Gasteiger partial charge on any atom is -0.331 e. The third-order valence-corrected chi connectivity index (χ3v) is 3.61. The number of carbonyl (C=O) groups excluding carboxylic acids is 1. The van der Waals surface area contributed by atoms with Gasteiger partial charge in [0, 0.05) is 31.0 Å². The van der Waals surface area contributed by atoms with Crippen molar-refractivity contribution in [2.24, 2.45) is 7.05 Å². The van der Waals surface area contributed by atoms with Crippen molar-refractivity contribution in [2.45, 2.75) is 19.8 Å². The van der Waals surface area contributed by atoms with Crippen molar-refractivity contribution >= 4 is 35.0 Å². The molecule has 1 amide bonds. The smallest absolute Gasteiger partial charge is 0.257 e. The molecule has 1 N–H and O–H groups in total. The van der Waals surface area contributed by atoms with Crippen LogP contribution in [0.25, 0.3) is 11.0 Å². The van der Waals surface area contributed by atoms with Crippen LogP contribution in [-0.4, -0.2) is 20.4 Å². The number of halogens is 1. The van der Waals surface area contributed by atoms with Crippen molar-refractivity contribution < 1.29 is 4.79 Å². The number of pyridine rings is 1. The summed E-state index contributed by atoms with van der Waals surface area (Å²) in [5.41, 5.74) is 3.21. The Morgan fingerprint density at radius 1 is 1.26 bits per heavy atom. The van der Waals surface area contributed by atoms with E-state index in [9.17, 15) is 4.79 Å². The molecule has 120 valence electrons. The first kappa shape index (κ1) is 17.0. The van der Waals surface area contributed by atoms with E-state index in [4.69, 9.17) is 0 Å². The van der Waals surface area contributed by atoms with Crippen molar-refractivity contribution in [3.05, 3.63) is 54.1 Å². The third kappa shape index (κ3) is 3.35. The highest BCUT2D eigenvalue weighted by molar-refractivity contribution is 6.04. The van der Waals surface area contributed by atoms with Crippen LogP contribution in [0.1, 0.15) is 35.9 Å². The highest BCUT2D eigenvalue weighted by Gasteiger charge is 2.12. The van der Waals surface area contributed by atoms with E-state index in [1.807, 2.05) is 25.2 Å². The van der Waals surface area contributed by atoms with E-state index in [0.29, 0.717) is 11.5 Å². The fraction of sp³-hybridized carbons (Fsp3) is 0.235. The normalized spacial score (nSPS) is 10.6. The lowest BCUT2D eigenvalue weighted by Gasteiger charge is -2.06. The number of nitrogens with zero attached hydrogens (tertiary/aromatic N) is 3. The van der Waals surface area contributed by atoms with E-state index in [2.05, 4.69) is 33.7 Å². The van der Waals surface area contributed by atoms with Gasteiger partial charge < -0.3 is 9.88 Å². The molecule has 2 aromatic heterocycles. The first-order valence-corrected chi connectivity index (χ1v) is 7.24. The second-order valence-electron chi connectivity index (χ2n) is 5.58. The Labute approximate surface area is 141 Å². The highest BCUT2D eigenvalue weighted by Crippen LogP contribution is 2.23. The number of hydrogen-bond donors (Lipinski definition) is 1. The summed E-state index contributed by atoms with van der Waals surface area (Å²) < 4.78 is 2.09. The van der Waals surface area contributed by atoms with E-state index >= 15 is 0 Å². The zero-order chi connectivity index (χ0) is 15.7. The first-order chi connectivity index (χ1) is 10.6. The molecule has 0 radical (unpaired) electrons. The molecule has 5 nitrogen and oxygen atoms in total. The number of imidazole rings is 1. The summed E-state index contributed by atoms with van der Waals surface area (Å²) in [5.74, 6) is 1.21. The van der Waals surface area contributed by atoms with E-state index in [0.717, 1.165) is 22.5 Å². The Morgan fingerprint density at radius 3 is 2.70 bits per heavy atom. The quantitative estimate of drug-likeness (QED) is 0.795. The summed E-state index contributed by atoms with van der Waals surface area (Å²) >= 11 is 0. The molecule has 0 aliphatic heterocycles. The molecule has 0 fully saturated rings. The number of hydrogen-bond acceptors (Lipinski definition) is 3. The molecule has 0 bridgehead atoms. The van der Waals surface area contributed by atoms with Gasteiger partial charge in [0.25, 0.3) is 5.91 Å². The highest BCUT2D eigenvalue weighted by atomic mass is 35.5. The number of rotatable bonds is 3. The molecular formula is C17H19ClN4O. The van der Waals surface area contributed by atoms with Gasteiger partial charge in [-0.25, -0.2) is 4.98 Å². The van der Waals surface area contributed by atoms with E-state index < -0.39 is 0 Å². The van der Waals surface area contributed by atoms with Gasteiger partial charge in [-0.2, -0.15) is 0 Å². The topological polar surface area (TPSA) is 59.8 Å². The monoisotopic (exact) mass is 330 g/mol. The van der Waals surface area contributed by atoms with E-state index in [1.54, 1.807) is 24.5 Å². The average Bonchev–Trinajstić information content (AvgIpc) is 2.85. The summed E-state index contributed by atoms with van der Waals surface area (Å²) in [5, 5.41) is 2.88. The number of aromatic nitrogens is 3. The fourth-order valence-electron chi connectivity index (χ4n) is 2.51. The van der Waals surface area contributed by atoms with Crippen LogP contribution in [0.15, 0.2) is 42.7 Å². The van der Waals surface area contributed by atoms with Gasteiger partial charge >= 0.3 is 0 Å². The summed E-state index contributed by atoms with van der Waals surface area (Å²) in [4.78, 5) is 20.8. The standard InChI is InChI=1S/C17H18N4O.ClH/c1-11(2)16-20-14-9-13(6-7-15(14)21(16)3)19-17(22)12-5-4-8-18-10-12;/h4-11H,1-3H3,(H,19,22);1H. The molecule has 3 aromatic rings. The van der Waals surface area contributed by atoms with Gasteiger partial charge in [0.2, 0.25) is 0 Å². The van der Waals surface area contributed by atoms with Gasteiger partial charge in [-0.3, -0.25) is 9.78 Å². The second kappa shape index (κ2) is 6.79. The van der Waals surface area contributed by atoms with Crippen molar-refractivity contribution in [2.75, 3.05) is 5.32 Å². The molecule has 0 saturated carbocycles. The Balaban J connectivity index is 0.00000192. The lowest BCUT2D eigenvalue weighted by molar-refractivity contribution is 0.102. The second-order valence-corrected chi connectivity index (χ2v) is 5.58. The van der Waals surface area contributed by atoms with Gasteiger partial charge in [0.1, 0.15) is 5.82 Å². The minimum atomic E-state index is -0.174. The maximum Gasteiger partial charge on any atom is 0.257 e. The summed E-state index contributed by atoms with van der Waals surface area (Å²) in [7, 11) is 2.01. The maximum absolute atomic E-state index is 12.2. The average molecular weight is 331 g/mol. The van der Waals surface area contributed by atoms with Gasteiger partial charge in [-0.15, -0.1) is 12.4 Å². The van der Waals surface area contributed by atoms with Crippen molar-refractivity contribution in [3.63, 3.8) is 0 Å². The summed E-state index contributed by atoms with van der Waals surface area (Å²) in [6, 6.07) is 9.25. The van der Waals surface area contributed by atoms with Gasteiger partial charge in [-0.1, -0.05) is 13.8 Å². The molecule has 2 heterocycles. The number of benzene rings is 1. The Morgan fingerprint density at radius 2 is 2.04 bits per heavy atom. The predicted octanol–water partition coefficient (Wildman–Crippen LogP) is 3.77. The van der Waals surface area contributed by atoms with Crippen LogP contribution in [0.3, 0.4) is 0 Å². The van der Waals surface area contributed by atoms with Crippen LogP contribution in [-0.2, 0) is 7.05 Å². The Bertz CT molecular complexity index is 827. The lowest BCUT2D eigenvalue weighted by atomic mass is 10.2. The molecule has 6 heteroatoms. The first-order valence-electron chi connectivity index (χ1n) is 7.24. The van der Waals surface area contributed by atoms with Crippen LogP contribution in [0.4, 0.5) is 5.69 Å². The van der Waals surface area contributed by atoms with Crippen LogP contribution in [0.2, 0.25) is 0 Å².